The Morgan fingerprint density at radius 2 is 2.05 bits per heavy atom. The van der Waals surface area contributed by atoms with Gasteiger partial charge in [0.05, 0.1) is 11.6 Å². The van der Waals surface area contributed by atoms with E-state index in [1.165, 1.54) is 5.56 Å². The zero-order valence-electron chi connectivity index (χ0n) is 13.4. The third-order valence-corrected chi connectivity index (χ3v) is 3.79. The Labute approximate surface area is 137 Å². The summed E-state index contributed by atoms with van der Waals surface area (Å²) >= 11 is 6.03. The molecule has 22 heavy (non-hydrogen) atoms. The van der Waals surface area contributed by atoms with E-state index in [9.17, 15) is 0 Å². The van der Waals surface area contributed by atoms with E-state index >= 15 is 0 Å². The normalized spacial score (nSPS) is 11.5. The Morgan fingerprint density at radius 1 is 1.32 bits per heavy atom. The molecule has 0 amide bonds. The average Bonchev–Trinajstić information content (AvgIpc) is 2.82. The second-order valence-corrected chi connectivity index (χ2v) is 5.76. The fraction of sp³-hybridized carbons (Fsp3) is 0.353. The monoisotopic (exact) mass is 318 g/mol. The standard InChI is InChI=1S/C17H23ClN4/c1-19-17(20-10-9-14-7-5-4-6-8-14)22(3)13-16-11-15(18)12-21(16)2/h4-8,11-12H,9-10,13H2,1-3H3,(H,19,20). The molecule has 2 rings (SSSR count). The Hall–Kier alpha value is -1.94. The van der Waals surface area contributed by atoms with Crippen molar-refractivity contribution in [2.45, 2.75) is 13.0 Å². The van der Waals surface area contributed by atoms with Crippen LogP contribution in [0.5, 0.6) is 0 Å². The summed E-state index contributed by atoms with van der Waals surface area (Å²) in [6, 6.07) is 12.4. The molecule has 1 aromatic heterocycles. The molecule has 1 aromatic carbocycles. The summed E-state index contributed by atoms with van der Waals surface area (Å²) in [6.45, 7) is 1.61. The number of guanidine groups is 1. The topological polar surface area (TPSA) is 32.6 Å². The molecule has 0 saturated heterocycles. The van der Waals surface area contributed by atoms with Crippen LogP contribution in [-0.4, -0.2) is 36.1 Å². The molecule has 2 aromatic rings. The van der Waals surface area contributed by atoms with Crippen LogP contribution in [0, 0.1) is 0 Å². The van der Waals surface area contributed by atoms with E-state index in [0.29, 0.717) is 0 Å². The lowest BCUT2D eigenvalue weighted by Crippen LogP contribution is -2.39. The Morgan fingerprint density at radius 3 is 2.64 bits per heavy atom. The van der Waals surface area contributed by atoms with Crippen molar-refractivity contribution in [3.05, 3.63) is 58.9 Å². The molecule has 0 saturated carbocycles. The number of nitrogens with one attached hydrogen (secondary N) is 1. The fourth-order valence-electron chi connectivity index (χ4n) is 2.39. The molecule has 0 spiro atoms. The van der Waals surface area contributed by atoms with Gasteiger partial charge in [0, 0.05) is 39.6 Å². The molecule has 5 heteroatoms. The third kappa shape index (κ3) is 4.53. The van der Waals surface area contributed by atoms with Gasteiger partial charge in [-0.1, -0.05) is 41.9 Å². The van der Waals surface area contributed by atoms with Gasteiger partial charge in [-0.15, -0.1) is 0 Å². The first-order valence-electron chi connectivity index (χ1n) is 7.36. The van der Waals surface area contributed by atoms with Crippen LogP contribution in [0.3, 0.4) is 0 Å². The Kier molecular flexibility index (Phi) is 5.90. The molecule has 0 aliphatic carbocycles. The number of hydrogen-bond acceptors (Lipinski definition) is 1. The van der Waals surface area contributed by atoms with Crippen molar-refractivity contribution in [3.8, 4) is 0 Å². The molecule has 0 unspecified atom stereocenters. The van der Waals surface area contributed by atoms with E-state index in [-0.39, 0.29) is 0 Å². The van der Waals surface area contributed by atoms with Crippen molar-refractivity contribution < 1.29 is 0 Å². The quantitative estimate of drug-likeness (QED) is 0.679. The first-order valence-corrected chi connectivity index (χ1v) is 7.74. The van der Waals surface area contributed by atoms with Crippen LogP contribution < -0.4 is 5.32 Å². The van der Waals surface area contributed by atoms with Crippen molar-refractivity contribution in [1.29, 1.82) is 0 Å². The SMILES string of the molecule is CN=C(NCCc1ccccc1)N(C)Cc1cc(Cl)cn1C. The molecular weight excluding hydrogens is 296 g/mol. The van der Waals surface area contributed by atoms with Crippen LogP contribution in [0.4, 0.5) is 0 Å². The van der Waals surface area contributed by atoms with Gasteiger partial charge < -0.3 is 14.8 Å². The van der Waals surface area contributed by atoms with E-state index in [1.54, 1.807) is 7.05 Å². The van der Waals surface area contributed by atoms with Crippen LogP contribution in [0.15, 0.2) is 47.6 Å². The minimum absolute atomic E-state index is 0.758. The molecule has 0 atom stereocenters. The van der Waals surface area contributed by atoms with Gasteiger partial charge in [-0.2, -0.15) is 0 Å². The molecule has 4 nitrogen and oxygen atoms in total. The molecule has 0 bridgehead atoms. The fourth-order valence-corrected chi connectivity index (χ4v) is 2.66. The Bertz CT molecular complexity index is 619. The molecule has 0 aliphatic rings. The van der Waals surface area contributed by atoms with Gasteiger partial charge in [-0.05, 0) is 18.1 Å². The van der Waals surface area contributed by atoms with Crippen molar-refractivity contribution in [3.63, 3.8) is 0 Å². The number of aryl methyl sites for hydroxylation is 1. The van der Waals surface area contributed by atoms with Gasteiger partial charge in [0.1, 0.15) is 0 Å². The highest BCUT2D eigenvalue weighted by atomic mass is 35.5. The van der Waals surface area contributed by atoms with Crippen LogP contribution in [0.25, 0.3) is 0 Å². The lowest BCUT2D eigenvalue weighted by Gasteiger charge is -2.22. The van der Waals surface area contributed by atoms with E-state index in [1.807, 2.05) is 37.0 Å². The smallest absolute Gasteiger partial charge is 0.193 e. The number of rotatable bonds is 5. The molecule has 1 heterocycles. The number of nitrogens with zero attached hydrogens (tertiary/aromatic N) is 3. The highest BCUT2D eigenvalue weighted by molar-refractivity contribution is 6.30. The van der Waals surface area contributed by atoms with Crippen molar-refractivity contribution in [2.75, 3.05) is 20.6 Å². The molecular formula is C17H23ClN4. The lowest BCUT2D eigenvalue weighted by atomic mass is 10.1. The second kappa shape index (κ2) is 7.90. The number of benzene rings is 1. The maximum Gasteiger partial charge on any atom is 0.193 e. The number of hydrogen-bond donors (Lipinski definition) is 1. The third-order valence-electron chi connectivity index (χ3n) is 3.59. The minimum Gasteiger partial charge on any atom is -0.356 e. The van der Waals surface area contributed by atoms with Crippen molar-refractivity contribution >= 4 is 17.6 Å². The summed E-state index contributed by atoms with van der Waals surface area (Å²) < 4.78 is 2.04. The highest BCUT2D eigenvalue weighted by Crippen LogP contribution is 2.14. The van der Waals surface area contributed by atoms with Gasteiger partial charge >= 0.3 is 0 Å². The zero-order chi connectivity index (χ0) is 15.9. The maximum atomic E-state index is 6.03. The van der Waals surface area contributed by atoms with Crippen molar-refractivity contribution in [2.24, 2.45) is 12.0 Å². The largest absolute Gasteiger partial charge is 0.356 e. The van der Waals surface area contributed by atoms with E-state index in [2.05, 4.69) is 39.5 Å². The molecule has 0 aliphatic heterocycles. The summed E-state index contributed by atoms with van der Waals surface area (Å²) in [6.07, 6.45) is 2.89. The van der Waals surface area contributed by atoms with E-state index in [0.717, 1.165) is 36.2 Å². The van der Waals surface area contributed by atoms with E-state index < -0.39 is 0 Å². The number of halogens is 1. The maximum absolute atomic E-state index is 6.03. The summed E-state index contributed by atoms with van der Waals surface area (Å²) in [5.74, 6) is 0.883. The van der Waals surface area contributed by atoms with Crippen LogP contribution in [-0.2, 0) is 20.0 Å². The molecule has 0 radical (unpaired) electrons. The van der Waals surface area contributed by atoms with Gasteiger partial charge in [0.2, 0.25) is 0 Å². The van der Waals surface area contributed by atoms with Gasteiger partial charge in [0.25, 0.3) is 0 Å². The summed E-state index contributed by atoms with van der Waals surface area (Å²) in [5.41, 5.74) is 2.47. The van der Waals surface area contributed by atoms with Gasteiger partial charge in [-0.25, -0.2) is 0 Å². The summed E-state index contributed by atoms with van der Waals surface area (Å²) in [5, 5.41) is 4.16. The highest BCUT2D eigenvalue weighted by Gasteiger charge is 2.09. The molecule has 0 fully saturated rings. The molecule has 118 valence electrons. The van der Waals surface area contributed by atoms with Crippen LogP contribution in [0.2, 0.25) is 5.02 Å². The Balaban J connectivity index is 1.87. The minimum atomic E-state index is 0.758. The number of aromatic nitrogens is 1. The van der Waals surface area contributed by atoms with Crippen LogP contribution >= 0.6 is 11.6 Å². The predicted molar refractivity (Wildman–Crippen MR) is 93.4 cm³/mol. The number of aliphatic imine (C=N–C) groups is 1. The first-order chi connectivity index (χ1) is 10.6. The first kappa shape index (κ1) is 16.4. The summed E-state index contributed by atoms with van der Waals surface area (Å²) in [4.78, 5) is 6.43. The lowest BCUT2D eigenvalue weighted by molar-refractivity contribution is 0.462. The van der Waals surface area contributed by atoms with E-state index in [4.69, 9.17) is 11.6 Å². The predicted octanol–water partition coefficient (Wildman–Crippen LogP) is 2.93. The second-order valence-electron chi connectivity index (χ2n) is 5.33. The average molecular weight is 319 g/mol. The zero-order valence-corrected chi connectivity index (χ0v) is 14.1. The van der Waals surface area contributed by atoms with Crippen molar-refractivity contribution in [1.82, 2.24) is 14.8 Å². The van der Waals surface area contributed by atoms with Gasteiger partial charge in [0.15, 0.2) is 5.96 Å². The van der Waals surface area contributed by atoms with Gasteiger partial charge in [-0.3, -0.25) is 4.99 Å². The van der Waals surface area contributed by atoms with Crippen LogP contribution in [0.1, 0.15) is 11.3 Å². The molecule has 1 N–H and O–H groups in total. The summed E-state index contributed by atoms with van der Waals surface area (Å²) in [7, 11) is 5.83.